The Morgan fingerprint density at radius 2 is 2.00 bits per heavy atom. The second-order valence-corrected chi connectivity index (χ2v) is 5.77. The summed E-state index contributed by atoms with van der Waals surface area (Å²) in [6, 6.07) is 10.8. The lowest BCUT2D eigenvalue weighted by Gasteiger charge is -2.30. The molecule has 2 unspecified atom stereocenters. The van der Waals surface area contributed by atoms with E-state index in [-0.39, 0.29) is 11.3 Å². The van der Waals surface area contributed by atoms with E-state index in [1.807, 2.05) is 6.07 Å². The predicted octanol–water partition coefficient (Wildman–Crippen LogP) is 2.53. The van der Waals surface area contributed by atoms with Gasteiger partial charge in [0.05, 0.1) is 0 Å². The number of benzene rings is 1. The Hall–Kier alpha value is -1.31. The summed E-state index contributed by atoms with van der Waals surface area (Å²) in [5, 5.41) is 3.18. The molecule has 1 heterocycles. The van der Waals surface area contributed by atoms with Crippen molar-refractivity contribution in [3.8, 4) is 0 Å². The third-order valence-corrected chi connectivity index (χ3v) is 4.47. The number of hydrogen-bond donors (Lipinski definition) is 1. The van der Waals surface area contributed by atoms with E-state index in [1.54, 1.807) is 0 Å². The van der Waals surface area contributed by atoms with Gasteiger partial charge in [0, 0.05) is 12.5 Å². The maximum absolute atomic E-state index is 11.7. The van der Waals surface area contributed by atoms with Gasteiger partial charge in [-0.3, -0.25) is 4.79 Å². The zero-order valence-electron chi connectivity index (χ0n) is 10.3. The van der Waals surface area contributed by atoms with E-state index < -0.39 is 0 Å². The van der Waals surface area contributed by atoms with Crippen LogP contribution in [0.2, 0.25) is 0 Å². The molecule has 2 nitrogen and oxygen atoms in total. The number of amides is 1. The summed E-state index contributed by atoms with van der Waals surface area (Å²) in [6.07, 6.45) is 4.29. The van der Waals surface area contributed by atoms with Crippen LogP contribution in [-0.2, 0) is 11.2 Å². The molecule has 1 amide bonds. The Bertz CT molecular complexity index is 424. The molecule has 1 aromatic rings. The smallest absolute Gasteiger partial charge is 0.220 e. The Labute approximate surface area is 102 Å². The van der Waals surface area contributed by atoms with Gasteiger partial charge in [-0.15, -0.1) is 0 Å². The van der Waals surface area contributed by atoms with E-state index in [9.17, 15) is 4.79 Å². The average molecular weight is 229 g/mol. The predicted molar refractivity (Wildman–Crippen MR) is 67.5 cm³/mol. The van der Waals surface area contributed by atoms with Gasteiger partial charge >= 0.3 is 0 Å². The van der Waals surface area contributed by atoms with Gasteiger partial charge in [0.1, 0.15) is 0 Å². The Kier molecular flexibility index (Phi) is 2.46. The van der Waals surface area contributed by atoms with Crippen LogP contribution in [0.1, 0.15) is 31.7 Å². The molecule has 0 bridgehead atoms. The van der Waals surface area contributed by atoms with Crippen molar-refractivity contribution in [2.45, 2.75) is 38.6 Å². The summed E-state index contributed by atoms with van der Waals surface area (Å²) in [7, 11) is 0. The maximum Gasteiger partial charge on any atom is 0.220 e. The molecule has 0 aromatic heterocycles. The molecule has 90 valence electrons. The molecular weight excluding hydrogens is 210 g/mol. The minimum absolute atomic E-state index is 0.187. The lowest BCUT2D eigenvalue weighted by Crippen LogP contribution is -2.38. The van der Waals surface area contributed by atoms with E-state index in [1.165, 1.54) is 18.4 Å². The second-order valence-electron chi connectivity index (χ2n) is 5.77. The van der Waals surface area contributed by atoms with Gasteiger partial charge in [0.2, 0.25) is 5.91 Å². The third-order valence-electron chi connectivity index (χ3n) is 4.47. The molecule has 2 heteroatoms. The van der Waals surface area contributed by atoms with Crippen molar-refractivity contribution < 1.29 is 4.79 Å². The normalized spacial score (nSPS) is 32.5. The maximum atomic E-state index is 11.7. The molecule has 1 saturated carbocycles. The average Bonchev–Trinajstić information content (AvgIpc) is 3.10. The zero-order valence-corrected chi connectivity index (χ0v) is 10.3. The molecule has 1 aromatic carbocycles. The highest BCUT2D eigenvalue weighted by Crippen LogP contribution is 2.52. The summed E-state index contributed by atoms with van der Waals surface area (Å²) >= 11 is 0. The lowest BCUT2D eigenvalue weighted by molar-refractivity contribution is -0.119. The standard InChI is InChI=1S/C15H19NO/c1-15(12-7-8-12)10-14(17)16-13(15)9-11-5-3-2-4-6-11/h2-6,12-13H,7-10H2,1H3,(H,16,17). The molecule has 0 radical (unpaired) electrons. The molecule has 2 fully saturated rings. The molecule has 1 saturated heterocycles. The fourth-order valence-electron chi connectivity index (χ4n) is 3.19. The van der Waals surface area contributed by atoms with Crippen molar-refractivity contribution >= 4 is 5.91 Å². The molecule has 3 rings (SSSR count). The van der Waals surface area contributed by atoms with Crippen LogP contribution in [0.4, 0.5) is 0 Å². The zero-order chi connectivity index (χ0) is 11.9. The van der Waals surface area contributed by atoms with Crippen molar-refractivity contribution in [3.05, 3.63) is 35.9 Å². The van der Waals surface area contributed by atoms with E-state index >= 15 is 0 Å². The number of carbonyl (C=O) groups is 1. The van der Waals surface area contributed by atoms with Gasteiger partial charge in [-0.25, -0.2) is 0 Å². The van der Waals surface area contributed by atoms with E-state index in [0.29, 0.717) is 6.04 Å². The van der Waals surface area contributed by atoms with Crippen LogP contribution >= 0.6 is 0 Å². The SMILES string of the molecule is CC1(C2CC2)CC(=O)NC1Cc1ccccc1. The number of hydrogen-bond acceptors (Lipinski definition) is 1. The topological polar surface area (TPSA) is 29.1 Å². The molecular formula is C15H19NO. The van der Waals surface area contributed by atoms with Gasteiger partial charge in [0.25, 0.3) is 0 Å². The van der Waals surface area contributed by atoms with Gasteiger partial charge in [-0.2, -0.15) is 0 Å². The van der Waals surface area contributed by atoms with Crippen LogP contribution in [0.3, 0.4) is 0 Å². The van der Waals surface area contributed by atoms with E-state index in [4.69, 9.17) is 0 Å². The highest BCUT2D eigenvalue weighted by Gasteiger charge is 2.51. The molecule has 1 aliphatic carbocycles. The molecule has 0 spiro atoms. The van der Waals surface area contributed by atoms with Crippen LogP contribution in [0.25, 0.3) is 0 Å². The van der Waals surface area contributed by atoms with Crippen molar-refractivity contribution in [1.82, 2.24) is 5.32 Å². The quantitative estimate of drug-likeness (QED) is 0.848. The van der Waals surface area contributed by atoms with Gasteiger partial charge in [0.15, 0.2) is 0 Å². The highest BCUT2D eigenvalue weighted by molar-refractivity contribution is 5.80. The molecule has 17 heavy (non-hydrogen) atoms. The molecule has 1 N–H and O–H groups in total. The summed E-state index contributed by atoms with van der Waals surface area (Å²) in [4.78, 5) is 11.7. The van der Waals surface area contributed by atoms with Gasteiger partial charge in [-0.1, -0.05) is 37.3 Å². The second kappa shape index (κ2) is 3.86. The van der Waals surface area contributed by atoms with Crippen LogP contribution in [0.5, 0.6) is 0 Å². The first-order valence-electron chi connectivity index (χ1n) is 6.52. The molecule has 1 aliphatic heterocycles. The Morgan fingerprint density at radius 1 is 1.29 bits per heavy atom. The fraction of sp³-hybridized carbons (Fsp3) is 0.533. The number of nitrogens with one attached hydrogen (secondary N) is 1. The number of carbonyl (C=O) groups excluding carboxylic acids is 1. The first-order valence-corrected chi connectivity index (χ1v) is 6.52. The van der Waals surface area contributed by atoms with Crippen molar-refractivity contribution in [2.24, 2.45) is 11.3 Å². The monoisotopic (exact) mass is 229 g/mol. The highest BCUT2D eigenvalue weighted by atomic mass is 16.2. The first kappa shape index (κ1) is 10.8. The van der Waals surface area contributed by atoms with Crippen molar-refractivity contribution in [3.63, 3.8) is 0 Å². The molecule has 2 atom stereocenters. The summed E-state index contributed by atoms with van der Waals surface area (Å²) in [5.74, 6) is 0.996. The van der Waals surface area contributed by atoms with Gasteiger partial charge < -0.3 is 5.32 Å². The van der Waals surface area contributed by atoms with E-state index in [0.717, 1.165) is 18.8 Å². The molecule has 2 aliphatic rings. The van der Waals surface area contributed by atoms with Crippen molar-refractivity contribution in [2.75, 3.05) is 0 Å². The summed E-state index contributed by atoms with van der Waals surface area (Å²) in [5.41, 5.74) is 1.51. The Balaban J connectivity index is 1.79. The minimum Gasteiger partial charge on any atom is -0.352 e. The summed E-state index contributed by atoms with van der Waals surface area (Å²) in [6.45, 7) is 2.29. The Morgan fingerprint density at radius 3 is 2.65 bits per heavy atom. The van der Waals surface area contributed by atoms with Crippen molar-refractivity contribution in [1.29, 1.82) is 0 Å². The van der Waals surface area contributed by atoms with Crippen LogP contribution < -0.4 is 5.32 Å². The lowest BCUT2D eigenvalue weighted by atomic mass is 9.75. The summed E-state index contributed by atoms with van der Waals surface area (Å²) < 4.78 is 0. The minimum atomic E-state index is 0.187. The fourth-order valence-corrected chi connectivity index (χ4v) is 3.19. The third kappa shape index (κ3) is 1.97. The van der Waals surface area contributed by atoms with Crippen LogP contribution in [0, 0.1) is 11.3 Å². The van der Waals surface area contributed by atoms with E-state index in [2.05, 4.69) is 36.5 Å². The largest absolute Gasteiger partial charge is 0.352 e. The number of rotatable bonds is 3. The van der Waals surface area contributed by atoms with Crippen LogP contribution in [0.15, 0.2) is 30.3 Å². The van der Waals surface area contributed by atoms with Gasteiger partial charge in [-0.05, 0) is 36.2 Å². The van der Waals surface area contributed by atoms with Crippen LogP contribution in [-0.4, -0.2) is 11.9 Å². The first-order chi connectivity index (χ1) is 8.18.